The van der Waals surface area contributed by atoms with E-state index in [9.17, 15) is 18.0 Å². The smallest absolute Gasteiger partial charge is 0.410 e. The van der Waals surface area contributed by atoms with Crippen molar-refractivity contribution in [1.82, 2.24) is 9.62 Å². The molecule has 2 fully saturated rings. The van der Waals surface area contributed by atoms with Gasteiger partial charge in [0.05, 0.1) is 0 Å². The predicted octanol–water partition coefficient (Wildman–Crippen LogP) is 4.07. The third-order valence-corrected chi connectivity index (χ3v) is 7.73. The second kappa shape index (κ2) is 9.46. The van der Waals surface area contributed by atoms with Gasteiger partial charge in [0.15, 0.2) is 5.82 Å². The molecule has 0 spiro atoms. The molecule has 1 N–H and O–H groups in total. The van der Waals surface area contributed by atoms with Gasteiger partial charge in [-0.2, -0.15) is 8.42 Å². The SMILES string of the molecule is CC(C)(C)OC(=O)N1CC(c2ccc3cc(OCc4ccccc4)c(N4CC(=O)NS4(=O)=O)c(F)c3c2)C1. The highest BCUT2D eigenvalue weighted by atomic mass is 32.2. The summed E-state index contributed by atoms with van der Waals surface area (Å²) in [6.45, 7) is 5.76. The predicted molar refractivity (Wildman–Crippen MR) is 140 cm³/mol. The zero-order valence-electron chi connectivity index (χ0n) is 21.2. The van der Waals surface area contributed by atoms with Gasteiger partial charge in [-0.3, -0.25) is 4.79 Å². The number of hydrogen-bond acceptors (Lipinski definition) is 6. The number of ether oxygens (including phenoxy) is 2. The number of nitrogens with zero attached hydrogens (tertiary/aromatic N) is 2. The van der Waals surface area contributed by atoms with Gasteiger partial charge >= 0.3 is 16.3 Å². The molecule has 2 aliphatic rings. The molecule has 5 rings (SSSR count). The zero-order valence-corrected chi connectivity index (χ0v) is 22.0. The van der Waals surface area contributed by atoms with Crippen molar-refractivity contribution in [3.05, 3.63) is 71.5 Å². The van der Waals surface area contributed by atoms with Crippen molar-refractivity contribution in [3.63, 3.8) is 0 Å². The quantitative estimate of drug-likeness (QED) is 0.522. The van der Waals surface area contributed by atoms with Gasteiger partial charge in [-0.1, -0.05) is 42.5 Å². The number of hydrogen-bond donors (Lipinski definition) is 1. The highest BCUT2D eigenvalue weighted by Crippen LogP contribution is 2.41. The standard InChI is InChI=1S/C27H28FN3O6S/c1-27(2,3)37-26(33)30-13-20(14-30)18-9-10-19-12-22(36-16-17-7-5-4-6-8-17)25(24(28)21(19)11-18)31-15-23(32)29-38(31,34)35/h4-12,20H,13-16H2,1-3H3,(H,29,32). The van der Waals surface area contributed by atoms with Crippen LogP contribution in [0.4, 0.5) is 14.9 Å². The van der Waals surface area contributed by atoms with Gasteiger partial charge in [-0.15, -0.1) is 0 Å². The number of carbonyl (C=O) groups is 2. The van der Waals surface area contributed by atoms with Gasteiger partial charge < -0.3 is 14.4 Å². The number of fused-ring (bicyclic) bond motifs is 1. The van der Waals surface area contributed by atoms with Crippen molar-refractivity contribution >= 4 is 38.7 Å². The average molecular weight is 542 g/mol. The van der Waals surface area contributed by atoms with Gasteiger partial charge in [0.2, 0.25) is 0 Å². The van der Waals surface area contributed by atoms with Crippen LogP contribution < -0.4 is 13.8 Å². The molecule has 0 bridgehead atoms. The lowest BCUT2D eigenvalue weighted by molar-refractivity contribution is -0.117. The lowest BCUT2D eigenvalue weighted by atomic mass is 9.90. The Morgan fingerprint density at radius 2 is 1.82 bits per heavy atom. The summed E-state index contributed by atoms with van der Waals surface area (Å²) < 4.78 is 55.3. The van der Waals surface area contributed by atoms with Crippen LogP contribution in [0.1, 0.15) is 37.8 Å². The van der Waals surface area contributed by atoms with E-state index in [4.69, 9.17) is 9.47 Å². The number of halogens is 1. The third kappa shape index (κ3) is 5.10. The Balaban J connectivity index is 1.48. The fourth-order valence-electron chi connectivity index (χ4n) is 4.48. The molecule has 3 aromatic carbocycles. The maximum atomic E-state index is 16.1. The van der Waals surface area contributed by atoms with Crippen molar-refractivity contribution in [3.8, 4) is 5.75 Å². The Morgan fingerprint density at radius 1 is 1.11 bits per heavy atom. The summed E-state index contributed by atoms with van der Waals surface area (Å²) in [7, 11) is -4.28. The topological polar surface area (TPSA) is 105 Å². The molecule has 0 radical (unpaired) electrons. The minimum absolute atomic E-state index is 0.00595. The number of carbonyl (C=O) groups excluding carboxylic acids is 2. The number of benzene rings is 3. The van der Waals surface area contributed by atoms with Crippen LogP contribution in [0.5, 0.6) is 5.75 Å². The van der Waals surface area contributed by atoms with Gasteiger partial charge in [-0.25, -0.2) is 18.2 Å². The summed E-state index contributed by atoms with van der Waals surface area (Å²) in [5.41, 5.74) is 0.690. The molecule has 2 heterocycles. The lowest BCUT2D eigenvalue weighted by Gasteiger charge is -2.40. The fourth-order valence-corrected chi connectivity index (χ4v) is 5.64. The first-order chi connectivity index (χ1) is 17.9. The molecule has 38 heavy (non-hydrogen) atoms. The minimum atomic E-state index is -4.28. The molecular formula is C27H28FN3O6S. The van der Waals surface area contributed by atoms with E-state index in [-0.39, 0.29) is 29.3 Å². The van der Waals surface area contributed by atoms with Crippen molar-refractivity contribution in [2.45, 2.75) is 38.9 Å². The van der Waals surface area contributed by atoms with Crippen LogP contribution in [0.15, 0.2) is 54.6 Å². The van der Waals surface area contributed by atoms with Gasteiger partial charge in [-0.05, 0) is 49.4 Å². The molecule has 0 saturated carbocycles. The second-order valence-corrected chi connectivity index (χ2v) is 12.0. The van der Waals surface area contributed by atoms with Crippen LogP contribution in [-0.4, -0.2) is 50.6 Å². The van der Waals surface area contributed by atoms with Gasteiger partial charge in [0, 0.05) is 24.4 Å². The Kier molecular flexibility index (Phi) is 6.42. The number of rotatable bonds is 5. The number of anilines is 1. The zero-order chi connectivity index (χ0) is 27.2. The molecule has 0 unspecified atom stereocenters. The van der Waals surface area contributed by atoms with Crippen LogP contribution in [0.25, 0.3) is 10.8 Å². The maximum Gasteiger partial charge on any atom is 0.410 e. The summed E-state index contributed by atoms with van der Waals surface area (Å²) in [5, 5.41) is 0.701. The van der Waals surface area contributed by atoms with Crippen LogP contribution in [0, 0.1) is 5.82 Å². The van der Waals surface area contributed by atoms with E-state index in [1.807, 2.05) is 41.1 Å². The first kappa shape index (κ1) is 25.8. The number of amides is 2. The van der Waals surface area contributed by atoms with Crippen LogP contribution in [0.3, 0.4) is 0 Å². The van der Waals surface area contributed by atoms with Crippen LogP contribution in [-0.2, 0) is 26.3 Å². The van der Waals surface area contributed by atoms with Crippen LogP contribution in [0.2, 0.25) is 0 Å². The van der Waals surface area contributed by atoms with Gasteiger partial charge in [0.25, 0.3) is 5.91 Å². The van der Waals surface area contributed by atoms with Crippen LogP contribution >= 0.6 is 0 Å². The largest absolute Gasteiger partial charge is 0.487 e. The van der Waals surface area contributed by atoms with E-state index in [1.165, 1.54) is 0 Å². The molecule has 2 aliphatic heterocycles. The Morgan fingerprint density at radius 3 is 2.45 bits per heavy atom. The van der Waals surface area contributed by atoms with E-state index >= 15 is 4.39 Å². The Labute approximate surface area is 220 Å². The average Bonchev–Trinajstić information content (AvgIpc) is 3.08. The molecular weight excluding hydrogens is 513 g/mol. The Hall–Kier alpha value is -3.86. The monoisotopic (exact) mass is 541 g/mol. The van der Waals surface area contributed by atoms with E-state index in [2.05, 4.69) is 0 Å². The summed E-state index contributed by atoms with van der Waals surface area (Å²) in [6.07, 6.45) is -0.403. The number of likely N-dealkylation sites (tertiary alicyclic amines) is 1. The van der Waals surface area contributed by atoms with E-state index in [0.717, 1.165) is 11.1 Å². The second-order valence-electron chi connectivity index (χ2n) is 10.4. The van der Waals surface area contributed by atoms with Crippen molar-refractivity contribution in [2.24, 2.45) is 0 Å². The van der Waals surface area contributed by atoms with Crippen molar-refractivity contribution in [1.29, 1.82) is 0 Å². The summed E-state index contributed by atoms with van der Waals surface area (Å²) >= 11 is 0. The van der Waals surface area contributed by atoms with E-state index < -0.39 is 40.2 Å². The molecule has 9 nitrogen and oxygen atoms in total. The fraction of sp³-hybridized carbons (Fsp3) is 0.333. The molecule has 2 saturated heterocycles. The first-order valence-electron chi connectivity index (χ1n) is 12.2. The minimum Gasteiger partial charge on any atom is -0.487 e. The molecule has 2 amide bonds. The summed E-state index contributed by atoms with van der Waals surface area (Å²) in [6, 6.07) is 16.0. The highest BCUT2D eigenvalue weighted by molar-refractivity contribution is 7.92. The Bertz CT molecular complexity index is 1520. The molecule has 0 atom stereocenters. The molecule has 11 heteroatoms. The summed E-state index contributed by atoms with van der Waals surface area (Å²) in [5.74, 6) is -1.59. The van der Waals surface area contributed by atoms with E-state index in [1.54, 1.807) is 43.9 Å². The molecule has 0 aromatic heterocycles. The lowest BCUT2D eigenvalue weighted by Crippen LogP contribution is -2.50. The molecule has 3 aromatic rings. The number of nitrogens with one attached hydrogen (secondary N) is 1. The van der Waals surface area contributed by atoms with E-state index in [0.29, 0.717) is 22.8 Å². The maximum absolute atomic E-state index is 16.1. The third-order valence-electron chi connectivity index (χ3n) is 6.35. The summed E-state index contributed by atoms with van der Waals surface area (Å²) in [4.78, 5) is 25.8. The molecule has 200 valence electrons. The van der Waals surface area contributed by atoms with Crippen molar-refractivity contribution in [2.75, 3.05) is 23.9 Å². The van der Waals surface area contributed by atoms with Gasteiger partial charge in [0.1, 0.15) is 30.2 Å². The normalized spacial score (nSPS) is 17.3. The first-order valence-corrected chi connectivity index (χ1v) is 13.6. The molecule has 0 aliphatic carbocycles. The highest BCUT2D eigenvalue weighted by Gasteiger charge is 2.39. The van der Waals surface area contributed by atoms with Crippen molar-refractivity contribution < 1.29 is 31.9 Å².